The number of hydrogen-bond acceptors (Lipinski definition) is 7. The number of allylic oxidation sites excluding steroid dienone is 1. The maximum Gasteiger partial charge on any atom is 0.312 e. The van der Waals surface area contributed by atoms with Crippen molar-refractivity contribution in [3.63, 3.8) is 0 Å². The van der Waals surface area contributed by atoms with Crippen LogP contribution in [0.2, 0.25) is 0 Å². The van der Waals surface area contributed by atoms with Gasteiger partial charge >= 0.3 is 5.97 Å². The molecule has 0 radical (unpaired) electrons. The molecule has 2 aromatic rings. The number of rotatable bonds is 15. The van der Waals surface area contributed by atoms with E-state index in [1.165, 1.54) is 4.90 Å². The fourth-order valence-corrected chi connectivity index (χ4v) is 8.20. The minimum atomic E-state index is -1.30. The van der Waals surface area contributed by atoms with E-state index in [4.69, 9.17) is 9.47 Å². The number of nitrogens with zero attached hydrogens (tertiary/aromatic N) is 3. The number of unbranched alkanes of at least 4 members (excludes halogenated alkanes) is 1. The molecular formula is C38H49N3O6. The summed E-state index contributed by atoms with van der Waals surface area (Å²) >= 11 is 0. The third-order valence-corrected chi connectivity index (χ3v) is 10.6. The van der Waals surface area contributed by atoms with E-state index in [9.17, 15) is 14.7 Å². The summed E-state index contributed by atoms with van der Waals surface area (Å²) in [5.74, 6) is -3.21. The Kier molecular flexibility index (Phi) is 10.3. The summed E-state index contributed by atoms with van der Waals surface area (Å²) in [6.45, 7) is 17.4. The van der Waals surface area contributed by atoms with E-state index in [2.05, 4.69) is 31.9 Å². The zero-order valence-electron chi connectivity index (χ0n) is 28.1. The lowest BCUT2D eigenvalue weighted by atomic mass is 9.62. The summed E-state index contributed by atoms with van der Waals surface area (Å²) in [7, 11) is 0. The van der Waals surface area contributed by atoms with E-state index < -0.39 is 47.7 Å². The lowest BCUT2D eigenvalue weighted by Crippen LogP contribution is -2.57. The van der Waals surface area contributed by atoms with Crippen LogP contribution in [-0.2, 0) is 23.9 Å². The Hall–Kier alpha value is -3.95. The number of fused-ring (bicyclic) bond motifs is 1. The van der Waals surface area contributed by atoms with Gasteiger partial charge in [-0.25, -0.2) is 0 Å². The average Bonchev–Trinajstić information content (AvgIpc) is 3.60. The first-order valence-corrected chi connectivity index (χ1v) is 16.9. The number of anilines is 2. The van der Waals surface area contributed by atoms with E-state index in [0.717, 1.165) is 18.8 Å². The van der Waals surface area contributed by atoms with Gasteiger partial charge in [0.25, 0.3) is 5.91 Å². The first kappa shape index (κ1) is 34.4. The van der Waals surface area contributed by atoms with E-state index in [1.54, 1.807) is 17.1 Å². The van der Waals surface area contributed by atoms with Crippen LogP contribution in [0.3, 0.4) is 0 Å². The number of amides is 2. The molecule has 3 heterocycles. The van der Waals surface area contributed by atoms with Gasteiger partial charge in [0.15, 0.2) is 0 Å². The van der Waals surface area contributed by atoms with Crippen molar-refractivity contribution in [3.05, 3.63) is 85.5 Å². The van der Waals surface area contributed by atoms with E-state index in [1.807, 2.05) is 68.4 Å². The van der Waals surface area contributed by atoms with Gasteiger partial charge in [0.2, 0.25) is 5.91 Å². The number of carbonyl (C=O) groups is 3. The predicted octanol–water partition coefficient (Wildman–Crippen LogP) is 5.31. The topological polar surface area (TPSA) is 99.6 Å². The maximum atomic E-state index is 15.1. The van der Waals surface area contributed by atoms with Crippen molar-refractivity contribution in [3.8, 4) is 0 Å². The van der Waals surface area contributed by atoms with Gasteiger partial charge in [-0.1, -0.05) is 49.4 Å². The highest BCUT2D eigenvalue weighted by molar-refractivity contribution is 6.05. The lowest BCUT2D eigenvalue weighted by molar-refractivity contribution is -0.162. The first-order valence-electron chi connectivity index (χ1n) is 16.9. The van der Waals surface area contributed by atoms with Crippen LogP contribution in [0.4, 0.5) is 11.4 Å². The normalized spacial score (nSPS) is 28.1. The minimum Gasteiger partial charge on any atom is -0.465 e. The Balaban J connectivity index is 1.61. The second-order valence-electron chi connectivity index (χ2n) is 13.1. The van der Waals surface area contributed by atoms with Crippen LogP contribution in [0.1, 0.15) is 58.6 Å². The molecule has 3 saturated heterocycles. The SMILES string of the molecule is C=CCCCOC(=O)[C@@H]1[C@H]2C(=O)N([C@H](CO)c3ccccc3)C(C(=O)N(CC=C)c3ccc(N(CC)CC)cc3)C23CC(C)[C@@]1(C)O3. The van der Waals surface area contributed by atoms with Crippen molar-refractivity contribution < 1.29 is 29.0 Å². The summed E-state index contributed by atoms with van der Waals surface area (Å²) in [6.07, 6.45) is 5.15. The van der Waals surface area contributed by atoms with Crippen LogP contribution in [0.5, 0.6) is 0 Å². The highest BCUT2D eigenvalue weighted by atomic mass is 16.6. The van der Waals surface area contributed by atoms with Gasteiger partial charge in [-0.05, 0) is 75.8 Å². The molecule has 252 valence electrons. The Morgan fingerprint density at radius 1 is 1.09 bits per heavy atom. The predicted molar refractivity (Wildman–Crippen MR) is 183 cm³/mol. The number of likely N-dealkylation sites (tertiary alicyclic amines) is 1. The average molecular weight is 644 g/mol. The van der Waals surface area contributed by atoms with Gasteiger partial charge in [0.05, 0.1) is 30.8 Å². The molecule has 3 aliphatic rings. The first-order chi connectivity index (χ1) is 22.6. The molecule has 7 atom stereocenters. The monoisotopic (exact) mass is 643 g/mol. The van der Waals surface area contributed by atoms with Gasteiger partial charge in [-0.2, -0.15) is 0 Å². The third kappa shape index (κ3) is 5.78. The van der Waals surface area contributed by atoms with Crippen molar-refractivity contribution in [1.29, 1.82) is 0 Å². The van der Waals surface area contributed by atoms with Crippen LogP contribution >= 0.6 is 0 Å². The number of benzene rings is 2. The summed E-state index contributed by atoms with van der Waals surface area (Å²) < 4.78 is 12.7. The summed E-state index contributed by atoms with van der Waals surface area (Å²) in [4.78, 5) is 49.1. The minimum absolute atomic E-state index is 0.141. The molecule has 9 heteroatoms. The largest absolute Gasteiger partial charge is 0.465 e. The molecule has 0 aromatic heterocycles. The lowest BCUT2D eigenvalue weighted by Gasteiger charge is -2.39. The van der Waals surface area contributed by atoms with Gasteiger partial charge in [-0.3, -0.25) is 14.4 Å². The van der Waals surface area contributed by atoms with E-state index >= 15 is 4.79 Å². The van der Waals surface area contributed by atoms with Crippen molar-refractivity contribution in [2.75, 3.05) is 42.6 Å². The molecule has 3 fully saturated rings. The highest BCUT2D eigenvalue weighted by Gasteiger charge is 2.81. The Morgan fingerprint density at radius 3 is 2.34 bits per heavy atom. The van der Waals surface area contributed by atoms with Crippen molar-refractivity contribution >= 4 is 29.2 Å². The van der Waals surface area contributed by atoms with Gasteiger partial charge in [0, 0.05) is 31.0 Å². The highest BCUT2D eigenvalue weighted by Crippen LogP contribution is 2.66. The van der Waals surface area contributed by atoms with Gasteiger partial charge < -0.3 is 29.3 Å². The Morgan fingerprint density at radius 2 is 1.74 bits per heavy atom. The Labute approximate surface area is 278 Å². The van der Waals surface area contributed by atoms with Crippen LogP contribution in [0.15, 0.2) is 79.9 Å². The molecule has 0 saturated carbocycles. The molecule has 3 unspecified atom stereocenters. The smallest absolute Gasteiger partial charge is 0.312 e. The van der Waals surface area contributed by atoms with Crippen molar-refractivity contribution in [2.24, 2.45) is 17.8 Å². The fraction of sp³-hybridized carbons (Fsp3) is 0.500. The molecule has 1 N–H and O–H groups in total. The zero-order chi connectivity index (χ0) is 33.9. The quantitative estimate of drug-likeness (QED) is 0.160. The molecule has 3 aliphatic heterocycles. The molecular weight excluding hydrogens is 594 g/mol. The summed E-state index contributed by atoms with van der Waals surface area (Å²) in [5.41, 5.74) is 0.0865. The van der Waals surface area contributed by atoms with Crippen LogP contribution in [0, 0.1) is 17.8 Å². The van der Waals surface area contributed by atoms with Gasteiger partial charge in [-0.15, -0.1) is 13.2 Å². The number of esters is 1. The summed E-state index contributed by atoms with van der Waals surface area (Å²) in [6, 6.07) is 15.1. The molecule has 2 bridgehead atoms. The second kappa shape index (κ2) is 14.0. The van der Waals surface area contributed by atoms with Crippen LogP contribution < -0.4 is 9.80 Å². The second-order valence-corrected chi connectivity index (χ2v) is 13.1. The summed E-state index contributed by atoms with van der Waals surface area (Å²) in [5, 5.41) is 10.8. The molecule has 47 heavy (non-hydrogen) atoms. The zero-order valence-corrected chi connectivity index (χ0v) is 28.1. The standard InChI is InChI=1S/C38H49N3O6/c1-7-11-15-23-46-36(45)32-31-34(43)41(30(25-42)27-16-13-12-14-17-27)33(38(31)24-26(5)37(32,6)47-38)35(44)40(22-8-2)29-20-18-28(19-21-29)39(9-3)10-4/h7-8,12-14,16-21,26,30-33,42H,1-2,9-11,15,22-25H2,3-6H3/t26?,30-,31+,32+,33?,37-,38?/m1/s1. The van der Waals surface area contributed by atoms with Crippen molar-refractivity contribution in [2.45, 2.75) is 70.2 Å². The molecule has 1 spiro atoms. The number of aliphatic hydroxyl groups excluding tert-OH is 1. The van der Waals surface area contributed by atoms with E-state index in [-0.39, 0.29) is 30.9 Å². The number of hydrogen-bond donors (Lipinski definition) is 1. The fourth-order valence-electron chi connectivity index (χ4n) is 8.20. The number of aliphatic hydroxyl groups is 1. The molecule has 5 rings (SSSR count). The maximum absolute atomic E-state index is 15.1. The van der Waals surface area contributed by atoms with E-state index in [0.29, 0.717) is 30.5 Å². The Bertz CT molecular complexity index is 1460. The van der Waals surface area contributed by atoms with Crippen LogP contribution in [0.25, 0.3) is 0 Å². The number of carbonyl (C=O) groups excluding carboxylic acids is 3. The third-order valence-electron chi connectivity index (χ3n) is 10.6. The molecule has 2 amide bonds. The van der Waals surface area contributed by atoms with Crippen LogP contribution in [-0.4, -0.2) is 77.9 Å². The number of ether oxygens (including phenoxy) is 2. The molecule has 2 aromatic carbocycles. The van der Waals surface area contributed by atoms with Crippen molar-refractivity contribution in [1.82, 2.24) is 4.90 Å². The molecule has 9 nitrogen and oxygen atoms in total. The molecule has 0 aliphatic carbocycles. The van der Waals surface area contributed by atoms with Gasteiger partial charge in [0.1, 0.15) is 17.6 Å².